The van der Waals surface area contributed by atoms with Gasteiger partial charge in [0.1, 0.15) is 5.82 Å². The third-order valence-electron chi connectivity index (χ3n) is 2.76. The average Bonchev–Trinajstić information content (AvgIpc) is 2.77. The number of aryl methyl sites for hydroxylation is 1. The lowest BCUT2D eigenvalue weighted by molar-refractivity contribution is 0.600. The Morgan fingerprint density at radius 3 is 3.00 bits per heavy atom. The van der Waals surface area contributed by atoms with Gasteiger partial charge in [0.25, 0.3) is 0 Å². The number of hydrogen-bond donors (Lipinski definition) is 1. The molecule has 0 bridgehead atoms. The second-order valence-corrected chi connectivity index (χ2v) is 4.93. The zero-order valence-electron chi connectivity index (χ0n) is 9.81. The summed E-state index contributed by atoms with van der Waals surface area (Å²) in [6, 6.07) is 8.17. The first-order valence-corrected chi connectivity index (χ1v) is 6.51. The summed E-state index contributed by atoms with van der Waals surface area (Å²) in [6.07, 6.45) is 4.58. The Labute approximate surface area is 110 Å². The topological polar surface area (TPSA) is 43.8 Å². The molecule has 0 amide bonds. The Balaban J connectivity index is 2.14. The maximum atomic E-state index is 6.20. The van der Waals surface area contributed by atoms with Gasteiger partial charge < -0.3 is 10.3 Å². The highest BCUT2D eigenvalue weighted by Gasteiger charge is 2.12. The number of halogens is 1. The maximum Gasteiger partial charge on any atom is 0.125 e. The zero-order valence-corrected chi connectivity index (χ0v) is 11.4. The van der Waals surface area contributed by atoms with Gasteiger partial charge in [-0.1, -0.05) is 28.1 Å². The number of nitrogens with zero attached hydrogens (tertiary/aromatic N) is 2. The van der Waals surface area contributed by atoms with Crippen molar-refractivity contribution in [2.75, 3.05) is 0 Å². The molecular formula is C13H16BrN3. The van der Waals surface area contributed by atoms with Crippen molar-refractivity contribution >= 4 is 15.9 Å². The molecule has 1 unspecified atom stereocenters. The zero-order chi connectivity index (χ0) is 12.3. The second-order valence-electron chi connectivity index (χ2n) is 4.01. The summed E-state index contributed by atoms with van der Waals surface area (Å²) in [7, 11) is 0. The summed E-state index contributed by atoms with van der Waals surface area (Å²) in [5.41, 5.74) is 7.42. The van der Waals surface area contributed by atoms with Crippen LogP contribution in [-0.2, 0) is 13.0 Å². The minimum atomic E-state index is -0.0563. The molecule has 2 rings (SSSR count). The number of nitrogens with two attached hydrogens (primary N) is 1. The lowest BCUT2D eigenvalue weighted by atomic mass is 10.1. The number of benzene rings is 1. The highest BCUT2D eigenvalue weighted by Crippen LogP contribution is 2.18. The molecule has 2 N–H and O–H groups in total. The van der Waals surface area contributed by atoms with Crippen molar-refractivity contribution in [1.82, 2.24) is 9.55 Å². The van der Waals surface area contributed by atoms with E-state index in [2.05, 4.69) is 44.5 Å². The fourth-order valence-electron chi connectivity index (χ4n) is 1.93. The van der Waals surface area contributed by atoms with E-state index in [-0.39, 0.29) is 6.04 Å². The predicted octanol–water partition coefficient (Wildman–Crippen LogP) is 2.91. The summed E-state index contributed by atoms with van der Waals surface area (Å²) >= 11 is 3.47. The molecule has 0 saturated carbocycles. The summed E-state index contributed by atoms with van der Waals surface area (Å²) in [4.78, 5) is 4.33. The molecule has 1 aromatic carbocycles. The van der Waals surface area contributed by atoms with E-state index in [4.69, 9.17) is 5.73 Å². The molecule has 2 aromatic rings. The molecule has 0 aliphatic heterocycles. The van der Waals surface area contributed by atoms with Gasteiger partial charge in [-0.05, 0) is 31.0 Å². The third kappa shape index (κ3) is 2.96. The normalized spacial score (nSPS) is 12.6. The van der Waals surface area contributed by atoms with E-state index in [1.54, 1.807) is 6.20 Å². The van der Waals surface area contributed by atoms with Gasteiger partial charge >= 0.3 is 0 Å². The summed E-state index contributed by atoms with van der Waals surface area (Å²) in [5, 5.41) is 0. The summed E-state index contributed by atoms with van der Waals surface area (Å²) in [5.74, 6) is 0.951. The van der Waals surface area contributed by atoms with Crippen molar-refractivity contribution in [2.24, 2.45) is 5.73 Å². The van der Waals surface area contributed by atoms with Gasteiger partial charge in [0, 0.05) is 23.4 Å². The Kier molecular flexibility index (Phi) is 3.97. The Bertz CT molecular complexity index is 493. The van der Waals surface area contributed by atoms with Gasteiger partial charge in [0.2, 0.25) is 0 Å². The smallest absolute Gasteiger partial charge is 0.125 e. The molecule has 1 heterocycles. The van der Waals surface area contributed by atoms with E-state index in [9.17, 15) is 0 Å². The largest absolute Gasteiger partial charge is 0.334 e. The van der Waals surface area contributed by atoms with Gasteiger partial charge in [-0.2, -0.15) is 0 Å². The number of imidazole rings is 1. The van der Waals surface area contributed by atoms with Crippen LogP contribution in [-0.4, -0.2) is 9.55 Å². The predicted molar refractivity (Wildman–Crippen MR) is 72.7 cm³/mol. The van der Waals surface area contributed by atoms with Crippen molar-refractivity contribution in [3.8, 4) is 0 Å². The molecule has 4 heteroatoms. The van der Waals surface area contributed by atoms with Gasteiger partial charge in [0.15, 0.2) is 0 Å². The third-order valence-corrected chi connectivity index (χ3v) is 3.26. The van der Waals surface area contributed by atoms with Crippen molar-refractivity contribution in [3.05, 3.63) is 52.5 Å². The van der Waals surface area contributed by atoms with Crippen LogP contribution < -0.4 is 5.73 Å². The first-order valence-electron chi connectivity index (χ1n) is 5.71. The standard InChI is InChI=1S/C13H16BrN3/c1-2-17-7-6-16-13(17)12(15)9-10-4-3-5-11(14)8-10/h3-8,12H,2,9,15H2,1H3. The Morgan fingerprint density at radius 2 is 2.29 bits per heavy atom. The number of rotatable bonds is 4. The fourth-order valence-corrected chi connectivity index (χ4v) is 2.37. The molecule has 1 aromatic heterocycles. The van der Waals surface area contributed by atoms with Crippen LogP contribution >= 0.6 is 15.9 Å². The van der Waals surface area contributed by atoms with Crippen LogP contribution in [0.15, 0.2) is 41.1 Å². The van der Waals surface area contributed by atoms with E-state index < -0.39 is 0 Å². The minimum Gasteiger partial charge on any atom is -0.334 e. The molecule has 0 aliphatic carbocycles. The SMILES string of the molecule is CCn1ccnc1C(N)Cc1cccc(Br)c1. The Morgan fingerprint density at radius 1 is 1.47 bits per heavy atom. The monoisotopic (exact) mass is 293 g/mol. The van der Waals surface area contributed by atoms with Crippen LogP contribution in [0, 0.1) is 0 Å². The molecule has 90 valence electrons. The van der Waals surface area contributed by atoms with Gasteiger partial charge in [-0.3, -0.25) is 0 Å². The molecule has 0 saturated heterocycles. The highest BCUT2D eigenvalue weighted by atomic mass is 79.9. The minimum absolute atomic E-state index is 0.0563. The van der Waals surface area contributed by atoms with E-state index >= 15 is 0 Å². The van der Waals surface area contributed by atoms with Gasteiger partial charge in [-0.15, -0.1) is 0 Å². The second kappa shape index (κ2) is 5.47. The maximum absolute atomic E-state index is 6.20. The quantitative estimate of drug-likeness (QED) is 0.942. The van der Waals surface area contributed by atoms with Gasteiger partial charge in [-0.25, -0.2) is 4.98 Å². The molecule has 1 atom stereocenters. The summed E-state index contributed by atoms with van der Waals surface area (Å²) < 4.78 is 3.17. The van der Waals surface area contributed by atoms with Crippen molar-refractivity contribution in [3.63, 3.8) is 0 Å². The Hall–Kier alpha value is -1.13. The molecule has 17 heavy (non-hydrogen) atoms. The van der Waals surface area contributed by atoms with Crippen molar-refractivity contribution in [1.29, 1.82) is 0 Å². The van der Waals surface area contributed by atoms with Crippen LogP contribution in [0.4, 0.5) is 0 Å². The van der Waals surface area contributed by atoms with E-state index in [0.29, 0.717) is 0 Å². The average molecular weight is 294 g/mol. The van der Waals surface area contributed by atoms with Crippen LogP contribution in [0.25, 0.3) is 0 Å². The van der Waals surface area contributed by atoms with E-state index in [1.165, 1.54) is 5.56 Å². The molecule has 0 spiro atoms. The molecular weight excluding hydrogens is 278 g/mol. The summed E-state index contributed by atoms with van der Waals surface area (Å²) in [6.45, 7) is 3.00. The van der Waals surface area contributed by atoms with Gasteiger partial charge in [0.05, 0.1) is 6.04 Å². The number of hydrogen-bond acceptors (Lipinski definition) is 2. The fraction of sp³-hybridized carbons (Fsp3) is 0.308. The van der Waals surface area contributed by atoms with E-state index in [0.717, 1.165) is 23.3 Å². The highest BCUT2D eigenvalue weighted by molar-refractivity contribution is 9.10. The lowest BCUT2D eigenvalue weighted by Crippen LogP contribution is -2.18. The van der Waals surface area contributed by atoms with Crippen LogP contribution in [0.1, 0.15) is 24.4 Å². The molecule has 0 aliphatic rings. The van der Waals surface area contributed by atoms with Crippen LogP contribution in [0.2, 0.25) is 0 Å². The lowest BCUT2D eigenvalue weighted by Gasteiger charge is -2.13. The van der Waals surface area contributed by atoms with Crippen molar-refractivity contribution < 1.29 is 0 Å². The number of aromatic nitrogens is 2. The molecule has 0 radical (unpaired) electrons. The van der Waals surface area contributed by atoms with Crippen LogP contribution in [0.5, 0.6) is 0 Å². The van der Waals surface area contributed by atoms with Crippen LogP contribution in [0.3, 0.4) is 0 Å². The molecule has 3 nitrogen and oxygen atoms in total. The first-order chi connectivity index (χ1) is 8.20. The van der Waals surface area contributed by atoms with Crippen molar-refractivity contribution in [2.45, 2.75) is 25.9 Å². The first kappa shape index (κ1) is 12.3. The molecule has 0 fully saturated rings. The van der Waals surface area contributed by atoms with E-state index in [1.807, 2.05) is 18.3 Å².